The van der Waals surface area contributed by atoms with Crippen LogP contribution >= 0.6 is 0 Å². The predicted molar refractivity (Wildman–Crippen MR) is 66.9 cm³/mol. The molecular weight excluding hydrogens is 244 g/mol. The number of hydrogen-bond donors (Lipinski definition) is 0. The Bertz CT molecular complexity index is 481. The lowest BCUT2D eigenvalue weighted by atomic mass is 10.0. The number of amides is 2. The first-order chi connectivity index (χ1) is 9.31. The van der Waals surface area contributed by atoms with Crippen LogP contribution in [-0.4, -0.2) is 41.8 Å². The van der Waals surface area contributed by atoms with Crippen LogP contribution < -0.4 is 0 Å². The molecule has 100 valence electrons. The number of rotatable bonds is 1. The van der Waals surface area contributed by atoms with Crippen molar-refractivity contribution in [3.63, 3.8) is 0 Å². The first-order valence-electron chi connectivity index (χ1n) is 6.73. The maximum absolute atomic E-state index is 12.3. The number of hydrogen-bond acceptors (Lipinski definition) is 3. The van der Waals surface area contributed by atoms with Crippen LogP contribution in [0.2, 0.25) is 0 Å². The quantitative estimate of drug-likeness (QED) is 0.723. The molecule has 1 aromatic rings. The standard InChI is InChI=1S/C14H16N2O3/c17-14(15-7-10-6-12(8-15)18-9-10)16-13(19-16)11-4-2-1-3-5-11/h1-5,10,12-13H,6-9H2. The van der Waals surface area contributed by atoms with Crippen molar-refractivity contribution >= 4 is 6.03 Å². The summed E-state index contributed by atoms with van der Waals surface area (Å²) in [5.74, 6) is 0.498. The molecule has 5 nitrogen and oxygen atoms in total. The fraction of sp³-hybridized carbons (Fsp3) is 0.500. The predicted octanol–water partition coefficient (Wildman–Crippen LogP) is 1.77. The second-order valence-corrected chi connectivity index (χ2v) is 5.44. The van der Waals surface area contributed by atoms with E-state index in [4.69, 9.17) is 9.57 Å². The molecule has 3 heterocycles. The van der Waals surface area contributed by atoms with E-state index in [1.807, 2.05) is 35.2 Å². The molecule has 3 aliphatic heterocycles. The van der Waals surface area contributed by atoms with E-state index in [1.54, 1.807) is 0 Å². The first kappa shape index (κ1) is 11.3. The number of urea groups is 1. The highest BCUT2D eigenvalue weighted by molar-refractivity contribution is 5.75. The number of ether oxygens (including phenoxy) is 1. The van der Waals surface area contributed by atoms with Crippen molar-refractivity contribution in [1.82, 2.24) is 9.96 Å². The summed E-state index contributed by atoms with van der Waals surface area (Å²) >= 11 is 0. The van der Waals surface area contributed by atoms with E-state index in [9.17, 15) is 4.79 Å². The maximum Gasteiger partial charge on any atom is 0.347 e. The van der Waals surface area contributed by atoms with Gasteiger partial charge in [0, 0.05) is 24.6 Å². The number of carbonyl (C=O) groups is 1. The molecule has 0 N–H and O–H groups in total. The molecule has 19 heavy (non-hydrogen) atoms. The van der Waals surface area contributed by atoms with Gasteiger partial charge in [0.2, 0.25) is 6.23 Å². The minimum absolute atomic E-state index is 0.0333. The van der Waals surface area contributed by atoms with Gasteiger partial charge in [-0.15, -0.1) is 0 Å². The molecule has 0 aliphatic carbocycles. The third-order valence-electron chi connectivity index (χ3n) is 3.99. The van der Waals surface area contributed by atoms with E-state index in [1.165, 1.54) is 5.06 Å². The molecule has 4 rings (SSSR count). The van der Waals surface area contributed by atoms with Gasteiger partial charge in [-0.1, -0.05) is 30.3 Å². The van der Waals surface area contributed by atoms with Crippen LogP contribution in [0.4, 0.5) is 4.79 Å². The summed E-state index contributed by atoms with van der Waals surface area (Å²) in [5, 5.41) is 1.46. The van der Waals surface area contributed by atoms with Gasteiger partial charge >= 0.3 is 6.03 Å². The van der Waals surface area contributed by atoms with Gasteiger partial charge in [-0.25, -0.2) is 9.63 Å². The highest BCUT2D eigenvalue weighted by Gasteiger charge is 2.47. The lowest BCUT2D eigenvalue weighted by molar-refractivity contribution is 0.0795. The molecule has 0 radical (unpaired) electrons. The van der Waals surface area contributed by atoms with Crippen molar-refractivity contribution in [3.05, 3.63) is 35.9 Å². The van der Waals surface area contributed by atoms with Gasteiger partial charge in [0.1, 0.15) is 0 Å². The number of carbonyl (C=O) groups excluding carboxylic acids is 1. The van der Waals surface area contributed by atoms with Crippen molar-refractivity contribution in [2.24, 2.45) is 5.92 Å². The zero-order valence-electron chi connectivity index (χ0n) is 10.6. The van der Waals surface area contributed by atoms with E-state index in [0.717, 1.165) is 25.1 Å². The van der Waals surface area contributed by atoms with Crippen LogP contribution in [0.15, 0.2) is 30.3 Å². The number of likely N-dealkylation sites (tertiary alicyclic amines) is 1. The summed E-state index contributed by atoms with van der Waals surface area (Å²) < 4.78 is 5.62. The second-order valence-electron chi connectivity index (χ2n) is 5.44. The molecule has 2 amide bonds. The van der Waals surface area contributed by atoms with Crippen LogP contribution in [0, 0.1) is 5.92 Å². The Labute approximate surface area is 111 Å². The SMILES string of the molecule is O=C(N1CC2COC(C2)C1)N1OC1c1ccccc1. The van der Waals surface area contributed by atoms with Gasteiger partial charge in [0.05, 0.1) is 12.7 Å². The maximum atomic E-state index is 12.3. The zero-order valence-corrected chi connectivity index (χ0v) is 10.6. The Hall–Kier alpha value is -1.59. The molecule has 3 fully saturated rings. The number of nitrogens with zero attached hydrogens (tertiary/aromatic N) is 2. The topological polar surface area (TPSA) is 45.1 Å². The molecule has 0 saturated carbocycles. The number of hydroxylamine groups is 2. The fourth-order valence-electron chi connectivity index (χ4n) is 3.00. The lowest BCUT2D eigenvalue weighted by Crippen LogP contribution is -2.45. The fourth-order valence-corrected chi connectivity index (χ4v) is 3.00. The van der Waals surface area contributed by atoms with Gasteiger partial charge in [0.15, 0.2) is 0 Å². The van der Waals surface area contributed by atoms with Crippen molar-refractivity contribution in [2.45, 2.75) is 18.8 Å². The summed E-state index contributed by atoms with van der Waals surface area (Å²) in [6, 6.07) is 9.78. The number of piperidine rings is 1. The van der Waals surface area contributed by atoms with Gasteiger partial charge in [-0.05, 0) is 6.42 Å². The van der Waals surface area contributed by atoms with Crippen molar-refractivity contribution in [2.75, 3.05) is 19.7 Å². The van der Waals surface area contributed by atoms with E-state index < -0.39 is 0 Å². The monoisotopic (exact) mass is 260 g/mol. The molecule has 3 unspecified atom stereocenters. The Morgan fingerprint density at radius 3 is 2.84 bits per heavy atom. The summed E-state index contributed by atoms with van der Waals surface area (Å²) in [7, 11) is 0. The molecule has 0 aromatic heterocycles. The number of fused-ring (bicyclic) bond motifs is 2. The zero-order chi connectivity index (χ0) is 12.8. The Balaban J connectivity index is 1.43. The van der Waals surface area contributed by atoms with E-state index >= 15 is 0 Å². The highest BCUT2D eigenvalue weighted by atomic mass is 16.8. The van der Waals surface area contributed by atoms with Crippen molar-refractivity contribution in [1.29, 1.82) is 0 Å². The van der Waals surface area contributed by atoms with Crippen molar-refractivity contribution in [3.8, 4) is 0 Å². The average molecular weight is 260 g/mol. The minimum atomic E-state index is -0.214. The largest absolute Gasteiger partial charge is 0.376 e. The molecule has 3 aliphatic rings. The van der Waals surface area contributed by atoms with E-state index in [2.05, 4.69) is 0 Å². The number of benzene rings is 1. The molecule has 3 atom stereocenters. The Morgan fingerprint density at radius 2 is 2.05 bits per heavy atom. The van der Waals surface area contributed by atoms with Gasteiger partial charge in [-0.2, -0.15) is 5.06 Å². The molecule has 1 aromatic carbocycles. The van der Waals surface area contributed by atoms with Gasteiger partial charge in [0.25, 0.3) is 0 Å². The van der Waals surface area contributed by atoms with Gasteiger partial charge in [-0.3, -0.25) is 0 Å². The van der Waals surface area contributed by atoms with Gasteiger partial charge < -0.3 is 9.64 Å². The summed E-state index contributed by atoms with van der Waals surface area (Å²) in [5.41, 5.74) is 1.02. The van der Waals surface area contributed by atoms with Crippen LogP contribution in [0.25, 0.3) is 0 Å². The van der Waals surface area contributed by atoms with E-state index in [0.29, 0.717) is 12.5 Å². The second kappa shape index (κ2) is 4.21. The lowest BCUT2D eigenvalue weighted by Gasteiger charge is -2.29. The smallest absolute Gasteiger partial charge is 0.347 e. The third-order valence-corrected chi connectivity index (χ3v) is 3.99. The average Bonchev–Trinajstić information content (AvgIpc) is 3.19. The molecule has 0 spiro atoms. The molecule has 2 bridgehead atoms. The Kier molecular flexibility index (Phi) is 2.50. The summed E-state index contributed by atoms with van der Waals surface area (Å²) in [4.78, 5) is 19.6. The Morgan fingerprint density at radius 1 is 1.21 bits per heavy atom. The van der Waals surface area contributed by atoms with Crippen LogP contribution in [0.1, 0.15) is 18.2 Å². The van der Waals surface area contributed by atoms with Crippen LogP contribution in [0.3, 0.4) is 0 Å². The normalized spacial score (nSPS) is 32.5. The van der Waals surface area contributed by atoms with E-state index in [-0.39, 0.29) is 18.4 Å². The highest BCUT2D eigenvalue weighted by Crippen LogP contribution is 2.39. The van der Waals surface area contributed by atoms with Crippen LogP contribution in [-0.2, 0) is 9.57 Å². The molecular formula is C14H16N2O3. The molecule has 5 heteroatoms. The first-order valence-corrected chi connectivity index (χ1v) is 6.73. The van der Waals surface area contributed by atoms with Crippen LogP contribution in [0.5, 0.6) is 0 Å². The minimum Gasteiger partial charge on any atom is -0.376 e. The third kappa shape index (κ3) is 1.99. The molecule has 3 saturated heterocycles. The van der Waals surface area contributed by atoms with Crippen molar-refractivity contribution < 1.29 is 14.4 Å². The summed E-state index contributed by atoms with van der Waals surface area (Å²) in [6.07, 6.45) is 1.10. The summed E-state index contributed by atoms with van der Waals surface area (Å²) in [6.45, 7) is 2.27.